The fraction of sp³-hybridized carbons (Fsp3) is 0.200. The van der Waals surface area contributed by atoms with Crippen molar-refractivity contribution >= 4 is 12.0 Å². The van der Waals surface area contributed by atoms with Crippen LogP contribution in [0.2, 0.25) is 0 Å². The third-order valence-corrected chi connectivity index (χ3v) is 1.51. The minimum Gasteiger partial charge on any atom is -0.469 e. The highest BCUT2D eigenvalue weighted by atomic mass is 16.5. The van der Waals surface area contributed by atoms with E-state index in [9.17, 15) is 4.79 Å². The van der Waals surface area contributed by atoms with Crippen LogP contribution in [0.25, 0.3) is 6.08 Å². The molecule has 0 spiro atoms. The van der Waals surface area contributed by atoms with E-state index in [4.69, 9.17) is 0 Å². The van der Waals surface area contributed by atoms with E-state index in [1.165, 1.54) is 7.11 Å². The first kappa shape index (κ1) is 9.45. The molecule has 1 aromatic rings. The normalized spacial score (nSPS) is 10.2. The first-order chi connectivity index (χ1) is 6.33. The number of aromatic nitrogens is 1. The van der Waals surface area contributed by atoms with Crippen molar-refractivity contribution in [2.75, 3.05) is 7.11 Å². The van der Waals surface area contributed by atoms with E-state index < -0.39 is 0 Å². The Bertz CT molecular complexity index is 293. The Hall–Kier alpha value is -1.64. The molecule has 0 aliphatic carbocycles. The van der Waals surface area contributed by atoms with E-state index in [2.05, 4.69) is 9.72 Å². The lowest BCUT2D eigenvalue weighted by molar-refractivity contribution is -0.139. The summed E-state index contributed by atoms with van der Waals surface area (Å²) in [6.45, 7) is 0. The van der Waals surface area contributed by atoms with Crippen LogP contribution in [0, 0.1) is 0 Å². The first-order valence-corrected chi connectivity index (χ1v) is 3.96. The number of carbonyl (C=O) groups is 1. The number of rotatable bonds is 3. The molecule has 0 aliphatic heterocycles. The topological polar surface area (TPSA) is 39.2 Å². The van der Waals surface area contributed by atoms with Gasteiger partial charge in [0.25, 0.3) is 0 Å². The Balaban J connectivity index is 2.45. The molecule has 13 heavy (non-hydrogen) atoms. The second kappa shape index (κ2) is 5.09. The lowest BCUT2D eigenvalue weighted by atomic mass is 10.2. The zero-order valence-corrected chi connectivity index (χ0v) is 7.43. The van der Waals surface area contributed by atoms with Crippen molar-refractivity contribution in [1.82, 2.24) is 4.98 Å². The monoisotopic (exact) mass is 177 g/mol. The molecule has 0 saturated heterocycles. The summed E-state index contributed by atoms with van der Waals surface area (Å²) in [7, 11) is 1.38. The summed E-state index contributed by atoms with van der Waals surface area (Å²) in [4.78, 5) is 14.6. The molecule has 0 bridgehead atoms. The molecule has 0 saturated carbocycles. The fourth-order valence-corrected chi connectivity index (χ4v) is 0.849. The lowest BCUT2D eigenvalue weighted by Crippen LogP contribution is -1.96. The SMILES string of the molecule is COC(=O)C/C=C\c1cccnc1. The number of methoxy groups -OCH3 is 1. The van der Waals surface area contributed by atoms with Gasteiger partial charge in [-0.2, -0.15) is 0 Å². The van der Waals surface area contributed by atoms with Crippen molar-refractivity contribution in [3.63, 3.8) is 0 Å². The summed E-state index contributed by atoms with van der Waals surface area (Å²) in [5, 5.41) is 0. The van der Waals surface area contributed by atoms with Crippen LogP contribution in [0.5, 0.6) is 0 Å². The van der Waals surface area contributed by atoms with Gasteiger partial charge in [-0.05, 0) is 11.6 Å². The Morgan fingerprint density at radius 3 is 3.15 bits per heavy atom. The quantitative estimate of drug-likeness (QED) is 0.659. The van der Waals surface area contributed by atoms with Gasteiger partial charge in [-0.25, -0.2) is 0 Å². The molecule has 0 N–H and O–H groups in total. The van der Waals surface area contributed by atoms with Gasteiger partial charge in [0, 0.05) is 12.4 Å². The van der Waals surface area contributed by atoms with Crippen LogP contribution in [0.1, 0.15) is 12.0 Å². The number of hydrogen-bond acceptors (Lipinski definition) is 3. The predicted octanol–water partition coefficient (Wildman–Crippen LogP) is 1.66. The minimum absolute atomic E-state index is 0.236. The Morgan fingerprint density at radius 2 is 2.54 bits per heavy atom. The van der Waals surface area contributed by atoms with E-state index in [-0.39, 0.29) is 5.97 Å². The molecule has 0 fully saturated rings. The maximum absolute atomic E-state index is 10.7. The molecule has 1 rings (SSSR count). The predicted molar refractivity (Wildman–Crippen MR) is 49.9 cm³/mol. The van der Waals surface area contributed by atoms with Crippen molar-refractivity contribution in [2.45, 2.75) is 6.42 Å². The molecule has 68 valence electrons. The molecule has 0 amide bonds. The standard InChI is InChI=1S/C10H11NO2/c1-13-10(12)6-2-4-9-5-3-7-11-8-9/h2-5,7-8H,6H2,1H3/b4-2-. The van der Waals surface area contributed by atoms with E-state index >= 15 is 0 Å². The molecule has 3 heteroatoms. The second-order valence-corrected chi connectivity index (χ2v) is 2.47. The highest BCUT2D eigenvalue weighted by Gasteiger charge is 1.93. The molecular weight excluding hydrogens is 166 g/mol. The number of ether oxygens (including phenoxy) is 1. The van der Waals surface area contributed by atoms with Crippen LogP contribution in [-0.4, -0.2) is 18.1 Å². The third kappa shape index (κ3) is 3.51. The average Bonchev–Trinajstić information content (AvgIpc) is 2.19. The summed E-state index contributed by atoms with van der Waals surface area (Å²) in [6, 6.07) is 3.76. The van der Waals surface area contributed by atoms with Gasteiger partial charge in [0.05, 0.1) is 13.5 Å². The summed E-state index contributed by atoms with van der Waals surface area (Å²) in [6.07, 6.45) is 7.32. The summed E-state index contributed by atoms with van der Waals surface area (Å²) in [5.74, 6) is -0.236. The lowest BCUT2D eigenvalue weighted by Gasteiger charge is -1.92. The van der Waals surface area contributed by atoms with Crippen LogP contribution in [0.4, 0.5) is 0 Å². The van der Waals surface area contributed by atoms with Gasteiger partial charge in [-0.1, -0.05) is 18.2 Å². The minimum atomic E-state index is -0.236. The molecule has 1 aromatic heterocycles. The summed E-state index contributed by atoms with van der Waals surface area (Å²) in [5.41, 5.74) is 0.978. The average molecular weight is 177 g/mol. The third-order valence-electron chi connectivity index (χ3n) is 1.51. The Kier molecular flexibility index (Phi) is 3.70. The second-order valence-electron chi connectivity index (χ2n) is 2.47. The van der Waals surface area contributed by atoms with Crippen LogP contribution in [0.15, 0.2) is 30.6 Å². The van der Waals surface area contributed by atoms with Gasteiger partial charge in [0.15, 0.2) is 0 Å². The fourth-order valence-electron chi connectivity index (χ4n) is 0.849. The van der Waals surface area contributed by atoms with Gasteiger partial charge in [0.1, 0.15) is 0 Å². The molecule has 0 aromatic carbocycles. The number of nitrogens with zero attached hydrogens (tertiary/aromatic N) is 1. The van der Waals surface area contributed by atoms with Crippen molar-refractivity contribution in [3.8, 4) is 0 Å². The van der Waals surface area contributed by atoms with Crippen LogP contribution < -0.4 is 0 Å². The van der Waals surface area contributed by atoms with Gasteiger partial charge in [-0.3, -0.25) is 9.78 Å². The highest BCUT2D eigenvalue weighted by molar-refractivity contribution is 5.72. The molecule has 0 aliphatic rings. The van der Waals surface area contributed by atoms with Gasteiger partial charge < -0.3 is 4.74 Å². The molecular formula is C10H11NO2. The van der Waals surface area contributed by atoms with Gasteiger partial charge >= 0.3 is 5.97 Å². The first-order valence-electron chi connectivity index (χ1n) is 3.96. The highest BCUT2D eigenvalue weighted by Crippen LogP contribution is 1.99. The number of esters is 1. The molecule has 0 atom stereocenters. The van der Waals surface area contributed by atoms with E-state index in [1.807, 2.05) is 18.2 Å². The van der Waals surface area contributed by atoms with E-state index in [0.717, 1.165) is 5.56 Å². The van der Waals surface area contributed by atoms with Crippen LogP contribution >= 0.6 is 0 Å². The van der Waals surface area contributed by atoms with Crippen molar-refractivity contribution in [3.05, 3.63) is 36.2 Å². The number of carbonyl (C=O) groups excluding carboxylic acids is 1. The van der Waals surface area contributed by atoms with Crippen molar-refractivity contribution < 1.29 is 9.53 Å². The van der Waals surface area contributed by atoms with E-state index in [1.54, 1.807) is 18.5 Å². The van der Waals surface area contributed by atoms with Crippen molar-refractivity contribution in [2.24, 2.45) is 0 Å². The maximum atomic E-state index is 10.7. The van der Waals surface area contributed by atoms with Gasteiger partial charge in [-0.15, -0.1) is 0 Å². The number of hydrogen-bond donors (Lipinski definition) is 0. The molecule has 3 nitrogen and oxygen atoms in total. The maximum Gasteiger partial charge on any atom is 0.309 e. The largest absolute Gasteiger partial charge is 0.469 e. The van der Waals surface area contributed by atoms with Crippen LogP contribution in [-0.2, 0) is 9.53 Å². The molecule has 0 radical (unpaired) electrons. The summed E-state index contributed by atoms with van der Waals surface area (Å²) < 4.78 is 4.48. The summed E-state index contributed by atoms with van der Waals surface area (Å²) >= 11 is 0. The molecule has 0 unspecified atom stereocenters. The smallest absolute Gasteiger partial charge is 0.309 e. The Labute approximate surface area is 77.1 Å². The number of pyridine rings is 1. The van der Waals surface area contributed by atoms with E-state index in [0.29, 0.717) is 6.42 Å². The van der Waals surface area contributed by atoms with Gasteiger partial charge in [0.2, 0.25) is 0 Å². The molecule has 1 heterocycles. The Morgan fingerprint density at radius 1 is 1.69 bits per heavy atom. The van der Waals surface area contributed by atoms with Crippen LogP contribution in [0.3, 0.4) is 0 Å². The van der Waals surface area contributed by atoms with Crippen molar-refractivity contribution in [1.29, 1.82) is 0 Å². The zero-order chi connectivity index (χ0) is 9.52. The zero-order valence-electron chi connectivity index (χ0n) is 7.43.